The zero-order valence-corrected chi connectivity index (χ0v) is 24.4. The van der Waals surface area contributed by atoms with Crippen LogP contribution in [0.3, 0.4) is 0 Å². The number of benzene rings is 1. The van der Waals surface area contributed by atoms with E-state index in [-0.39, 0.29) is 49.6 Å². The van der Waals surface area contributed by atoms with E-state index in [1.54, 1.807) is 0 Å². The average molecular weight is 614 g/mol. The summed E-state index contributed by atoms with van der Waals surface area (Å²) in [6.45, 7) is 2.10. The van der Waals surface area contributed by atoms with Crippen molar-refractivity contribution in [3.63, 3.8) is 0 Å². The zero-order chi connectivity index (χ0) is 30.5. The van der Waals surface area contributed by atoms with Gasteiger partial charge in [-0.15, -0.1) is 10.8 Å². The topological polar surface area (TPSA) is 135 Å². The number of carbonyl (C=O) groups is 3. The molecule has 0 aromatic heterocycles. The SMILES string of the molecule is CCCCCCCCCC1=NC2(CCN(S(O)(O)/C=C/c3ccc(N4C(=O)CNC4=O)cc3C(F)(F)F)CC2)C(=O)N1. The van der Waals surface area contributed by atoms with Crippen molar-refractivity contribution < 1.29 is 36.7 Å². The lowest BCUT2D eigenvalue weighted by Gasteiger charge is -2.45. The molecule has 1 spiro atoms. The lowest BCUT2D eigenvalue weighted by Crippen LogP contribution is -2.49. The van der Waals surface area contributed by atoms with E-state index >= 15 is 0 Å². The number of piperidine rings is 1. The standard InChI is InChI=1S/C28H38F3N5O5S/c1-2-3-4-5-6-7-8-9-23-33-25(38)27(34-23)13-15-35(16-14-27)42(40,41)17-12-20-10-11-21(18-22(20)28(29,30)31)36-24(37)19-32-26(36)39/h10-12,17-18,40-41H,2-9,13-16,19H2,1H3,(H,32,39)(H,33,34,38)/b17-12+. The molecule has 42 heavy (non-hydrogen) atoms. The predicted octanol–water partition coefficient (Wildman–Crippen LogP) is 5.90. The monoisotopic (exact) mass is 613 g/mol. The summed E-state index contributed by atoms with van der Waals surface area (Å²) in [6, 6.07) is 2.12. The minimum absolute atomic E-state index is 0.117. The Morgan fingerprint density at radius 3 is 2.33 bits per heavy atom. The van der Waals surface area contributed by atoms with E-state index in [1.165, 1.54) is 36.1 Å². The Bertz CT molecular complexity index is 1230. The Morgan fingerprint density at radius 1 is 1.05 bits per heavy atom. The molecule has 10 nitrogen and oxygen atoms in total. The van der Waals surface area contributed by atoms with Crippen LogP contribution in [0.25, 0.3) is 6.08 Å². The van der Waals surface area contributed by atoms with Crippen molar-refractivity contribution in [2.24, 2.45) is 4.99 Å². The molecule has 3 aliphatic heterocycles. The summed E-state index contributed by atoms with van der Waals surface area (Å²) in [4.78, 5) is 41.9. The van der Waals surface area contributed by atoms with Crippen molar-refractivity contribution in [1.29, 1.82) is 0 Å². The van der Waals surface area contributed by atoms with Crippen molar-refractivity contribution in [3.8, 4) is 0 Å². The summed E-state index contributed by atoms with van der Waals surface area (Å²) < 4.78 is 64.6. The van der Waals surface area contributed by atoms with Gasteiger partial charge in [-0.2, -0.15) is 13.2 Å². The lowest BCUT2D eigenvalue weighted by atomic mass is 9.89. The fraction of sp³-hybridized carbons (Fsp3) is 0.571. The van der Waals surface area contributed by atoms with Gasteiger partial charge in [-0.05, 0) is 43.0 Å². The first-order chi connectivity index (χ1) is 19.9. The van der Waals surface area contributed by atoms with Crippen LogP contribution in [0.5, 0.6) is 0 Å². The van der Waals surface area contributed by atoms with Crippen LogP contribution in [0.2, 0.25) is 0 Å². The van der Waals surface area contributed by atoms with Gasteiger partial charge in [0.15, 0.2) is 0 Å². The summed E-state index contributed by atoms with van der Waals surface area (Å²) in [7, 11) is -3.62. The number of anilines is 1. The Hall–Kier alpha value is -2.94. The fourth-order valence-electron chi connectivity index (χ4n) is 5.42. The molecule has 3 aliphatic rings. The maximum absolute atomic E-state index is 13.9. The van der Waals surface area contributed by atoms with Gasteiger partial charge in [-0.3, -0.25) is 23.7 Å². The zero-order valence-electron chi connectivity index (χ0n) is 23.6. The van der Waals surface area contributed by atoms with Crippen molar-refractivity contribution in [3.05, 3.63) is 34.7 Å². The number of amidine groups is 1. The van der Waals surface area contributed by atoms with Crippen LogP contribution in [0.15, 0.2) is 28.6 Å². The van der Waals surface area contributed by atoms with Crippen LogP contribution in [0.1, 0.15) is 82.3 Å². The van der Waals surface area contributed by atoms with Crippen LogP contribution in [0, 0.1) is 0 Å². The number of aliphatic imine (C=N–C) groups is 1. The molecule has 0 bridgehead atoms. The van der Waals surface area contributed by atoms with Crippen molar-refractivity contribution in [2.45, 2.75) is 82.8 Å². The number of imide groups is 1. The molecule has 4 amide bonds. The number of nitrogens with zero attached hydrogens (tertiary/aromatic N) is 3. The van der Waals surface area contributed by atoms with Gasteiger partial charge in [-0.25, -0.2) is 14.0 Å². The fourth-order valence-corrected chi connectivity index (χ4v) is 6.65. The highest BCUT2D eigenvalue weighted by Gasteiger charge is 2.47. The Kier molecular flexibility index (Phi) is 10.0. The molecule has 0 unspecified atom stereocenters. The maximum atomic E-state index is 13.9. The van der Waals surface area contributed by atoms with Crippen LogP contribution < -0.4 is 15.5 Å². The minimum atomic E-state index is -4.84. The molecule has 4 N–H and O–H groups in total. The van der Waals surface area contributed by atoms with Crippen molar-refractivity contribution in [1.82, 2.24) is 14.9 Å². The molecule has 3 heterocycles. The van der Waals surface area contributed by atoms with Crippen LogP contribution >= 0.6 is 10.8 Å². The highest BCUT2D eigenvalue weighted by Crippen LogP contribution is 2.49. The van der Waals surface area contributed by atoms with E-state index in [1.807, 2.05) is 0 Å². The molecule has 1 aromatic rings. The van der Waals surface area contributed by atoms with Crippen LogP contribution in [0.4, 0.5) is 23.7 Å². The second kappa shape index (κ2) is 13.1. The average Bonchev–Trinajstić information content (AvgIpc) is 3.43. The summed E-state index contributed by atoms with van der Waals surface area (Å²) in [5.74, 6) is -0.226. The van der Waals surface area contributed by atoms with E-state index < -0.39 is 40.0 Å². The Labute approximate surface area is 244 Å². The van der Waals surface area contributed by atoms with Gasteiger partial charge < -0.3 is 10.6 Å². The first-order valence-electron chi connectivity index (χ1n) is 14.3. The Morgan fingerprint density at radius 2 is 1.71 bits per heavy atom. The van der Waals surface area contributed by atoms with Gasteiger partial charge in [-0.1, -0.05) is 51.5 Å². The maximum Gasteiger partial charge on any atom is 0.417 e. The molecule has 232 valence electrons. The van der Waals surface area contributed by atoms with Gasteiger partial charge in [0.05, 0.1) is 17.8 Å². The highest BCUT2D eigenvalue weighted by atomic mass is 32.3. The lowest BCUT2D eigenvalue weighted by molar-refractivity contribution is -0.137. The quantitative estimate of drug-likeness (QED) is 0.171. The van der Waals surface area contributed by atoms with Crippen molar-refractivity contribution in [2.75, 3.05) is 24.5 Å². The third kappa shape index (κ3) is 7.33. The third-order valence-corrected chi connectivity index (χ3v) is 9.48. The molecule has 14 heteroatoms. The first-order valence-corrected chi connectivity index (χ1v) is 15.9. The van der Waals surface area contributed by atoms with Crippen LogP contribution in [-0.2, 0) is 15.8 Å². The minimum Gasteiger partial charge on any atom is -0.328 e. The van der Waals surface area contributed by atoms with Gasteiger partial charge in [0.1, 0.15) is 11.4 Å². The number of hydrogen-bond acceptors (Lipinski definition) is 7. The van der Waals surface area contributed by atoms with E-state index in [0.717, 1.165) is 36.8 Å². The number of halogens is 3. The molecule has 0 saturated carbocycles. The number of rotatable bonds is 12. The molecule has 0 aliphatic carbocycles. The molecular weight excluding hydrogens is 575 g/mol. The summed E-state index contributed by atoms with van der Waals surface area (Å²) >= 11 is 0. The smallest absolute Gasteiger partial charge is 0.328 e. The van der Waals surface area contributed by atoms with Crippen molar-refractivity contribution >= 4 is 46.2 Å². The number of nitrogens with one attached hydrogen (secondary N) is 2. The van der Waals surface area contributed by atoms with E-state index in [4.69, 9.17) is 0 Å². The second-order valence-electron chi connectivity index (χ2n) is 10.9. The molecule has 2 saturated heterocycles. The summed E-state index contributed by atoms with van der Waals surface area (Å²) in [5, 5.41) is 6.06. The van der Waals surface area contributed by atoms with Gasteiger partial charge >= 0.3 is 12.2 Å². The number of urea groups is 1. The number of carbonyl (C=O) groups excluding carboxylic acids is 3. The van der Waals surface area contributed by atoms with Gasteiger partial charge in [0.2, 0.25) is 0 Å². The Balaban J connectivity index is 1.38. The van der Waals surface area contributed by atoms with Gasteiger partial charge in [0, 0.05) is 24.9 Å². The van der Waals surface area contributed by atoms with Gasteiger partial charge in [0.25, 0.3) is 11.8 Å². The normalized spacial score (nSPS) is 20.0. The first kappa shape index (κ1) is 32.0. The summed E-state index contributed by atoms with van der Waals surface area (Å²) in [5.41, 5.74) is -2.71. The molecular formula is C28H38F3N5O5S. The van der Waals surface area contributed by atoms with E-state index in [2.05, 4.69) is 22.5 Å². The molecule has 2 fully saturated rings. The largest absolute Gasteiger partial charge is 0.417 e. The predicted molar refractivity (Wildman–Crippen MR) is 156 cm³/mol. The second-order valence-corrected chi connectivity index (χ2v) is 12.8. The molecule has 4 rings (SSSR count). The summed E-state index contributed by atoms with van der Waals surface area (Å²) in [6.07, 6.45) is 5.34. The molecule has 1 aromatic carbocycles. The number of alkyl halides is 3. The number of unbranched alkanes of at least 4 members (excludes halogenated alkanes) is 6. The highest BCUT2D eigenvalue weighted by molar-refractivity contribution is 8.24. The molecule has 0 radical (unpaired) electrons. The van der Waals surface area contributed by atoms with Crippen LogP contribution in [-0.4, -0.2) is 62.3 Å². The number of hydrogen-bond donors (Lipinski definition) is 4. The third-order valence-electron chi connectivity index (χ3n) is 7.85. The van der Waals surface area contributed by atoms with E-state index in [9.17, 15) is 36.7 Å². The number of amides is 4. The molecule has 0 atom stereocenters. The van der Waals surface area contributed by atoms with E-state index in [0.29, 0.717) is 23.2 Å².